The monoisotopic (exact) mass is 648 g/mol. The lowest BCUT2D eigenvalue weighted by Gasteiger charge is -2.20. The fourth-order valence-corrected chi connectivity index (χ4v) is 5.42. The van der Waals surface area contributed by atoms with Crippen molar-refractivity contribution in [3.63, 3.8) is 0 Å². The molecule has 47 heavy (non-hydrogen) atoms. The summed E-state index contributed by atoms with van der Waals surface area (Å²) in [6.45, 7) is 2.07. The number of rotatable bonds is 8. The Kier molecular flexibility index (Phi) is 8.49. The van der Waals surface area contributed by atoms with Crippen LogP contribution in [0.25, 0.3) is 44.2 Å². The maximum Gasteiger partial charge on any atom is 0.426 e. The number of fused-ring (bicyclic) bond motifs is 1. The van der Waals surface area contributed by atoms with Crippen LogP contribution in [0.1, 0.15) is 24.5 Å². The van der Waals surface area contributed by atoms with Crippen molar-refractivity contribution >= 4 is 10.8 Å². The van der Waals surface area contributed by atoms with Gasteiger partial charge in [0, 0.05) is 5.56 Å². The predicted molar refractivity (Wildman–Crippen MR) is 165 cm³/mol. The lowest BCUT2D eigenvalue weighted by atomic mass is 9.97. The van der Waals surface area contributed by atoms with Gasteiger partial charge in [-0.05, 0) is 75.5 Å². The van der Waals surface area contributed by atoms with Gasteiger partial charge < -0.3 is 4.74 Å². The van der Waals surface area contributed by atoms with E-state index in [9.17, 15) is 13.2 Å². The van der Waals surface area contributed by atoms with Crippen LogP contribution in [0.15, 0.2) is 103 Å². The summed E-state index contributed by atoms with van der Waals surface area (Å²) in [7, 11) is 0. The molecule has 0 aliphatic carbocycles. The summed E-state index contributed by atoms with van der Waals surface area (Å²) in [4.78, 5) is 0. The Bertz CT molecular complexity index is 2070. The third kappa shape index (κ3) is 6.17. The van der Waals surface area contributed by atoms with Gasteiger partial charge in [-0.1, -0.05) is 86.1 Å². The number of hydrogen-bond acceptors (Lipinski definition) is 1. The Morgan fingerprint density at radius 2 is 1.06 bits per heavy atom. The first-order valence-corrected chi connectivity index (χ1v) is 14.6. The van der Waals surface area contributed by atoms with E-state index < -0.39 is 57.7 Å². The molecule has 0 unspecified atom stereocenters. The summed E-state index contributed by atoms with van der Waals surface area (Å²) in [6.07, 6.45) is -2.14. The Balaban J connectivity index is 1.26. The highest BCUT2D eigenvalue weighted by Crippen LogP contribution is 2.39. The standard InChI is InChI=1S/C38H24F8O/c1-2-3-21-4-6-22(7-5-21)23-12-15-28(16-13-23)38(45,46)47-32-20-26-14-17-29(34(41)33(26)37(44)36(32)43)25-10-8-24(9-11-25)27-18-30(39)35(42)31(40)19-27/h4-20H,2-3H2,1H3. The van der Waals surface area contributed by atoms with Crippen molar-refractivity contribution in [2.24, 2.45) is 0 Å². The van der Waals surface area contributed by atoms with Crippen molar-refractivity contribution in [3.8, 4) is 39.1 Å². The Morgan fingerprint density at radius 1 is 0.532 bits per heavy atom. The molecular weight excluding hydrogens is 624 g/mol. The fraction of sp³-hybridized carbons (Fsp3) is 0.105. The molecule has 9 heteroatoms. The normalized spacial score (nSPS) is 11.7. The smallest absolute Gasteiger partial charge is 0.426 e. The number of hydrogen-bond donors (Lipinski definition) is 0. The van der Waals surface area contributed by atoms with E-state index in [0.717, 1.165) is 54.3 Å². The minimum atomic E-state index is -4.05. The second-order valence-corrected chi connectivity index (χ2v) is 11.0. The van der Waals surface area contributed by atoms with Crippen LogP contribution in [0.5, 0.6) is 5.75 Å². The van der Waals surface area contributed by atoms with Crippen molar-refractivity contribution in [2.45, 2.75) is 25.9 Å². The minimum Gasteiger partial charge on any atom is -0.426 e. The Labute approximate surface area is 264 Å². The van der Waals surface area contributed by atoms with Crippen molar-refractivity contribution in [2.75, 3.05) is 0 Å². The van der Waals surface area contributed by atoms with Crippen molar-refractivity contribution in [3.05, 3.63) is 149 Å². The van der Waals surface area contributed by atoms with Crippen molar-refractivity contribution in [1.82, 2.24) is 0 Å². The molecule has 0 bridgehead atoms. The van der Waals surface area contributed by atoms with E-state index in [1.807, 2.05) is 24.3 Å². The van der Waals surface area contributed by atoms with Gasteiger partial charge >= 0.3 is 6.11 Å². The molecule has 0 saturated carbocycles. The average Bonchev–Trinajstić information content (AvgIpc) is 3.06. The van der Waals surface area contributed by atoms with Gasteiger partial charge in [-0.15, -0.1) is 0 Å². The summed E-state index contributed by atoms with van der Waals surface area (Å²) in [5.41, 5.74) is 2.40. The molecule has 0 saturated heterocycles. The van der Waals surface area contributed by atoms with Gasteiger partial charge in [-0.2, -0.15) is 13.2 Å². The predicted octanol–water partition coefficient (Wildman–Crippen LogP) is 11.8. The molecule has 0 heterocycles. The van der Waals surface area contributed by atoms with Gasteiger partial charge in [0.25, 0.3) is 0 Å². The molecule has 1 nitrogen and oxygen atoms in total. The lowest BCUT2D eigenvalue weighted by molar-refractivity contribution is -0.187. The van der Waals surface area contributed by atoms with Crippen LogP contribution in [-0.2, 0) is 12.5 Å². The van der Waals surface area contributed by atoms with E-state index in [1.165, 1.54) is 48.5 Å². The fourth-order valence-electron chi connectivity index (χ4n) is 5.42. The van der Waals surface area contributed by atoms with Gasteiger partial charge in [0.05, 0.1) is 10.9 Å². The zero-order valence-corrected chi connectivity index (χ0v) is 24.7. The highest BCUT2D eigenvalue weighted by atomic mass is 19.3. The molecule has 6 aromatic rings. The molecule has 0 N–H and O–H groups in total. The Morgan fingerprint density at radius 3 is 1.66 bits per heavy atom. The molecule has 0 aromatic heterocycles. The number of halogens is 8. The van der Waals surface area contributed by atoms with E-state index in [2.05, 4.69) is 11.7 Å². The number of benzene rings is 6. The Hall–Kier alpha value is -5.18. The first-order chi connectivity index (χ1) is 22.5. The minimum absolute atomic E-state index is 0.0254. The van der Waals surface area contributed by atoms with Crippen LogP contribution >= 0.6 is 0 Å². The molecule has 0 fully saturated rings. The molecule has 0 radical (unpaired) electrons. The van der Waals surface area contributed by atoms with Gasteiger partial charge in [-0.3, -0.25) is 0 Å². The van der Waals surface area contributed by atoms with Crippen molar-refractivity contribution < 1.29 is 39.9 Å². The molecule has 6 rings (SSSR count). The molecule has 0 amide bonds. The SMILES string of the molecule is CCCc1ccc(-c2ccc(C(F)(F)Oc3cc4ccc(-c5ccc(-c6cc(F)c(F)c(F)c6)cc5)c(F)c4c(F)c3F)cc2)cc1. The van der Waals surface area contributed by atoms with Crippen LogP contribution in [0.2, 0.25) is 0 Å². The quantitative estimate of drug-likeness (QED) is 0.118. The zero-order chi connectivity index (χ0) is 33.5. The average molecular weight is 649 g/mol. The van der Waals surface area contributed by atoms with Gasteiger partial charge in [0.1, 0.15) is 5.82 Å². The number of aryl methyl sites for hydroxylation is 1. The molecule has 0 aliphatic heterocycles. The van der Waals surface area contributed by atoms with Gasteiger partial charge in [0.2, 0.25) is 5.82 Å². The molecule has 238 valence electrons. The van der Waals surface area contributed by atoms with Crippen LogP contribution in [0, 0.1) is 34.9 Å². The van der Waals surface area contributed by atoms with E-state index in [4.69, 9.17) is 0 Å². The van der Waals surface area contributed by atoms with Crippen LogP contribution in [-0.4, -0.2) is 0 Å². The third-order valence-electron chi connectivity index (χ3n) is 7.89. The van der Waals surface area contributed by atoms with Crippen LogP contribution < -0.4 is 4.74 Å². The summed E-state index contributed by atoms with van der Waals surface area (Å²) in [6, 6.07) is 23.3. The third-order valence-corrected chi connectivity index (χ3v) is 7.89. The van der Waals surface area contributed by atoms with Gasteiger partial charge in [-0.25, -0.2) is 22.0 Å². The summed E-state index contributed by atoms with van der Waals surface area (Å²) >= 11 is 0. The van der Waals surface area contributed by atoms with E-state index in [-0.39, 0.29) is 27.6 Å². The second-order valence-electron chi connectivity index (χ2n) is 11.0. The summed E-state index contributed by atoms with van der Waals surface area (Å²) in [5, 5.41) is -1.01. The highest BCUT2D eigenvalue weighted by Gasteiger charge is 2.36. The van der Waals surface area contributed by atoms with Crippen molar-refractivity contribution in [1.29, 1.82) is 0 Å². The van der Waals surface area contributed by atoms with E-state index >= 15 is 22.0 Å². The number of alkyl halides is 2. The van der Waals surface area contributed by atoms with E-state index in [0.29, 0.717) is 5.56 Å². The lowest BCUT2D eigenvalue weighted by Crippen LogP contribution is -2.22. The first-order valence-electron chi connectivity index (χ1n) is 14.6. The molecular formula is C38H24F8O. The van der Waals surface area contributed by atoms with Gasteiger partial charge in [0.15, 0.2) is 29.0 Å². The highest BCUT2D eigenvalue weighted by molar-refractivity contribution is 5.90. The molecule has 0 atom stereocenters. The maximum absolute atomic E-state index is 15.6. The maximum atomic E-state index is 15.6. The van der Waals surface area contributed by atoms with Crippen LogP contribution in [0.3, 0.4) is 0 Å². The summed E-state index contributed by atoms with van der Waals surface area (Å²) < 4.78 is 122. The molecule has 6 aromatic carbocycles. The second kappa shape index (κ2) is 12.5. The van der Waals surface area contributed by atoms with E-state index in [1.54, 1.807) is 0 Å². The summed E-state index contributed by atoms with van der Waals surface area (Å²) in [5.74, 6) is -10.2. The van der Waals surface area contributed by atoms with Crippen LogP contribution in [0.4, 0.5) is 35.1 Å². The molecule has 0 aliphatic rings. The number of ether oxygens (including phenoxy) is 1. The topological polar surface area (TPSA) is 9.23 Å². The molecule has 0 spiro atoms. The zero-order valence-electron chi connectivity index (χ0n) is 24.7. The largest absolute Gasteiger partial charge is 0.426 e. The first kappa shape index (κ1) is 31.8.